The molecule has 0 heterocycles. The van der Waals surface area contributed by atoms with E-state index in [1.54, 1.807) is 0 Å². The second-order valence-corrected chi connectivity index (χ2v) is 4.25. The lowest BCUT2D eigenvalue weighted by Crippen LogP contribution is -2.30. The van der Waals surface area contributed by atoms with Crippen LogP contribution in [0.1, 0.15) is 58.3 Å². The van der Waals surface area contributed by atoms with E-state index in [0.29, 0.717) is 0 Å². The highest BCUT2D eigenvalue weighted by atomic mass is 14.7. The van der Waals surface area contributed by atoms with Crippen LogP contribution in [0.3, 0.4) is 0 Å². The normalized spacial score (nSPS) is 15.4. The smallest absolute Gasteiger partial charge is 0.00535 e. The van der Waals surface area contributed by atoms with Crippen molar-refractivity contribution in [3.63, 3.8) is 0 Å². The topological polar surface area (TPSA) is 52.0 Å². The first-order valence-electron chi connectivity index (χ1n) is 6.01. The summed E-state index contributed by atoms with van der Waals surface area (Å²) in [6.07, 6.45) is 9.43. The van der Waals surface area contributed by atoms with Crippen LogP contribution < -0.4 is 11.5 Å². The zero-order valence-electron chi connectivity index (χ0n) is 9.67. The molecule has 0 aliphatic rings. The fourth-order valence-electron chi connectivity index (χ4n) is 1.63. The largest absolute Gasteiger partial charge is 0.328 e. The van der Waals surface area contributed by atoms with Crippen LogP contribution in [0.15, 0.2) is 0 Å². The number of unbranched alkanes of at least 4 members (excludes halogenated alkanes) is 4. The molecule has 0 saturated heterocycles. The SMILES string of the molecule is [CH2]CC(N)CC(N)CCCCCCC. The lowest BCUT2D eigenvalue weighted by molar-refractivity contribution is 0.472. The molecular weight excluding hydrogens is 172 g/mol. The van der Waals surface area contributed by atoms with Crippen LogP contribution >= 0.6 is 0 Å². The van der Waals surface area contributed by atoms with E-state index in [1.165, 1.54) is 32.1 Å². The van der Waals surface area contributed by atoms with E-state index < -0.39 is 0 Å². The van der Waals surface area contributed by atoms with E-state index in [0.717, 1.165) is 19.3 Å². The molecule has 0 bridgehead atoms. The summed E-state index contributed by atoms with van der Waals surface area (Å²) < 4.78 is 0. The van der Waals surface area contributed by atoms with Crippen LogP contribution in [0.2, 0.25) is 0 Å². The summed E-state index contributed by atoms with van der Waals surface area (Å²) in [5.41, 5.74) is 11.7. The van der Waals surface area contributed by atoms with Crippen LogP contribution in [-0.4, -0.2) is 12.1 Å². The molecule has 0 aromatic rings. The van der Waals surface area contributed by atoms with Gasteiger partial charge < -0.3 is 11.5 Å². The third-order valence-electron chi connectivity index (χ3n) is 2.65. The lowest BCUT2D eigenvalue weighted by Gasteiger charge is -2.15. The van der Waals surface area contributed by atoms with Gasteiger partial charge in [-0.2, -0.15) is 0 Å². The van der Waals surface area contributed by atoms with Crippen molar-refractivity contribution < 1.29 is 0 Å². The van der Waals surface area contributed by atoms with Crippen LogP contribution in [0.5, 0.6) is 0 Å². The Kier molecular flexibility index (Phi) is 9.42. The minimum absolute atomic E-state index is 0.195. The first-order chi connectivity index (χ1) is 6.70. The Morgan fingerprint density at radius 3 is 2.21 bits per heavy atom. The highest BCUT2D eigenvalue weighted by Gasteiger charge is 2.06. The van der Waals surface area contributed by atoms with Gasteiger partial charge in [-0.05, 0) is 19.3 Å². The quantitative estimate of drug-likeness (QED) is 0.561. The van der Waals surface area contributed by atoms with Gasteiger partial charge in [0.1, 0.15) is 0 Å². The van der Waals surface area contributed by atoms with Gasteiger partial charge in [0.05, 0.1) is 0 Å². The summed E-state index contributed by atoms with van der Waals surface area (Å²) >= 11 is 0. The maximum Gasteiger partial charge on any atom is 0.00535 e. The summed E-state index contributed by atoms with van der Waals surface area (Å²) in [7, 11) is 0. The molecule has 0 amide bonds. The third-order valence-corrected chi connectivity index (χ3v) is 2.65. The number of hydrogen-bond acceptors (Lipinski definition) is 2. The summed E-state index contributed by atoms with van der Waals surface area (Å²) in [4.78, 5) is 0. The molecule has 2 unspecified atom stereocenters. The van der Waals surface area contributed by atoms with E-state index in [1.807, 2.05) is 0 Å². The van der Waals surface area contributed by atoms with Crippen LogP contribution in [0, 0.1) is 6.92 Å². The van der Waals surface area contributed by atoms with Gasteiger partial charge in [0, 0.05) is 12.1 Å². The second-order valence-electron chi connectivity index (χ2n) is 4.25. The fourth-order valence-corrected chi connectivity index (χ4v) is 1.63. The van der Waals surface area contributed by atoms with Crippen molar-refractivity contribution in [1.29, 1.82) is 0 Å². The Balaban J connectivity index is 3.22. The van der Waals surface area contributed by atoms with Crippen molar-refractivity contribution in [2.45, 2.75) is 70.4 Å². The van der Waals surface area contributed by atoms with Gasteiger partial charge in [-0.3, -0.25) is 0 Å². The standard InChI is InChI=1S/C12H27N2/c1-3-5-6-7-8-9-12(14)10-11(13)4-2/h11-12H,2-10,13-14H2,1H3. The molecule has 0 aliphatic heterocycles. The van der Waals surface area contributed by atoms with Crippen molar-refractivity contribution in [1.82, 2.24) is 0 Å². The second kappa shape index (κ2) is 9.47. The summed E-state index contributed by atoms with van der Waals surface area (Å²) in [6.45, 7) is 6.01. The molecule has 0 rings (SSSR count). The van der Waals surface area contributed by atoms with E-state index in [4.69, 9.17) is 11.5 Å². The van der Waals surface area contributed by atoms with Gasteiger partial charge in [-0.15, -0.1) is 0 Å². The van der Waals surface area contributed by atoms with Crippen molar-refractivity contribution in [3.05, 3.63) is 6.92 Å². The molecule has 0 aromatic heterocycles. The molecule has 0 saturated carbocycles. The van der Waals surface area contributed by atoms with Crippen molar-refractivity contribution in [3.8, 4) is 0 Å². The van der Waals surface area contributed by atoms with Gasteiger partial charge in [0.15, 0.2) is 0 Å². The molecule has 0 aromatic carbocycles. The predicted octanol–water partition coefficient (Wildman–Crippen LogP) is 2.62. The minimum Gasteiger partial charge on any atom is -0.328 e. The van der Waals surface area contributed by atoms with Gasteiger partial charge in [-0.1, -0.05) is 46.0 Å². The van der Waals surface area contributed by atoms with E-state index in [2.05, 4.69) is 13.8 Å². The predicted molar refractivity (Wildman–Crippen MR) is 63.9 cm³/mol. The van der Waals surface area contributed by atoms with Crippen LogP contribution in [-0.2, 0) is 0 Å². The lowest BCUT2D eigenvalue weighted by atomic mass is 10.0. The molecule has 1 radical (unpaired) electrons. The van der Waals surface area contributed by atoms with E-state index in [9.17, 15) is 0 Å². The molecule has 14 heavy (non-hydrogen) atoms. The highest BCUT2D eigenvalue weighted by Crippen LogP contribution is 2.09. The molecule has 2 heteroatoms. The van der Waals surface area contributed by atoms with Crippen molar-refractivity contribution >= 4 is 0 Å². The highest BCUT2D eigenvalue weighted by molar-refractivity contribution is 4.71. The third kappa shape index (κ3) is 8.52. The Bertz CT molecular complexity index is 115. The average molecular weight is 199 g/mol. The average Bonchev–Trinajstić information content (AvgIpc) is 2.17. The Hall–Kier alpha value is -0.0800. The van der Waals surface area contributed by atoms with Gasteiger partial charge in [-0.25, -0.2) is 0 Å². The molecule has 0 fully saturated rings. The van der Waals surface area contributed by atoms with Crippen molar-refractivity contribution in [2.24, 2.45) is 11.5 Å². The Labute approximate surface area is 89.4 Å². The molecule has 85 valence electrons. The minimum atomic E-state index is 0.195. The summed E-state index contributed by atoms with van der Waals surface area (Å²) in [5, 5.41) is 0. The van der Waals surface area contributed by atoms with E-state index in [-0.39, 0.29) is 12.1 Å². The van der Waals surface area contributed by atoms with Crippen LogP contribution in [0.25, 0.3) is 0 Å². The number of nitrogens with two attached hydrogens (primary N) is 2. The first-order valence-corrected chi connectivity index (χ1v) is 6.01. The van der Waals surface area contributed by atoms with Gasteiger partial charge in [0.25, 0.3) is 0 Å². The Morgan fingerprint density at radius 1 is 1.00 bits per heavy atom. The first kappa shape index (κ1) is 13.9. The Morgan fingerprint density at radius 2 is 1.64 bits per heavy atom. The number of rotatable bonds is 9. The number of hydrogen-bond donors (Lipinski definition) is 2. The van der Waals surface area contributed by atoms with Gasteiger partial charge in [0.2, 0.25) is 0 Å². The molecule has 2 nitrogen and oxygen atoms in total. The summed E-state index contributed by atoms with van der Waals surface area (Å²) in [5.74, 6) is 0. The van der Waals surface area contributed by atoms with E-state index >= 15 is 0 Å². The van der Waals surface area contributed by atoms with Crippen LogP contribution in [0.4, 0.5) is 0 Å². The van der Waals surface area contributed by atoms with Gasteiger partial charge >= 0.3 is 0 Å². The molecule has 0 aliphatic carbocycles. The fraction of sp³-hybridized carbons (Fsp3) is 0.917. The van der Waals surface area contributed by atoms with Crippen molar-refractivity contribution in [2.75, 3.05) is 0 Å². The summed E-state index contributed by atoms with van der Waals surface area (Å²) in [6, 6.07) is 0.481. The zero-order chi connectivity index (χ0) is 10.8. The molecule has 0 spiro atoms. The zero-order valence-corrected chi connectivity index (χ0v) is 9.67. The molecule has 4 N–H and O–H groups in total. The monoisotopic (exact) mass is 199 g/mol. The molecule has 2 atom stereocenters. The maximum atomic E-state index is 5.96. The maximum absolute atomic E-state index is 5.96. The molecular formula is C12H27N2.